The largest absolute Gasteiger partial charge is 0.393 e. The molecule has 1 aromatic heterocycles. The molecule has 2 N–H and O–H groups in total. The maximum atomic E-state index is 12.9. The second-order valence-electron chi connectivity index (χ2n) is 7.26. The molecule has 1 aliphatic heterocycles. The predicted octanol–water partition coefficient (Wildman–Crippen LogP) is 3.11. The second-order valence-corrected chi connectivity index (χ2v) is 7.26. The molecular weight excluding hydrogens is 276 g/mol. The van der Waals surface area contributed by atoms with E-state index in [0.29, 0.717) is 5.92 Å². The van der Waals surface area contributed by atoms with Crippen LogP contribution in [0.15, 0.2) is 12.4 Å². The average molecular weight is 304 g/mol. The van der Waals surface area contributed by atoms with Crippen LogP contribution in [0.3, 0.4) is 0 Å². The minimum Gasteiger partial charge on any atom is -0.393 e. The van der Waals surface area contributed by atoms with Gasteiger partial charge in [0.05, 0.1) is 11.7 Å². The van der Waals surface area contributed by atoms with Crippen LogP contribution in [0.2, 0.25) is 0 Å². The van der Waals surface area contributed by atoms with Crippen molar-refractivity contribution < 1.29 is 9.90 Å². The number of rotatable bonds is 2. The van der Waals surface area contributed by atoms with Crippen LogP contribution in [-0.4, -0.2) is 39.6 Å². The molecule has 0 bridgehead atoms. The predicted molar refractivity (Wildman–Crippen MR) is 86.7 cm³/mol. The Bertz CT molecular complexity index is 525. The number of aryl methyl sites for hydroxylation is 1. The van der Waals surface area contributed by atoms with Crippen molar-refractivity contribution in [1.29, 1.82) is 0 Å². The summed E-state index contributed by atoms with van der Waals surface area (Å²) in [4.78, 5) is 18.0. The number of carbonyl (C=O) groups excluding carboxylic acids is 1. The third-order valence-electron chi connectivity index (χ3n) is 5.61. The summed E-state index contributed by atoms with van der Waals surface area (Å²) >= 11 is 0. The molecule has 4 heteroatoms. The Balaban J connectivity index is 1.82. The van der Waals surface area contributed by atoms with Crippen molar-refractivity contribution in [2.75, 3.05) is 6.54 Å². The highest BCUT2D eigenvalue weighted by atomic mass is 16.3. The minimum absolute atomic E-state index is 0.133. The summed E-state index contributed by atoms with van der Waals surface area (Å²) in [5.74, 6) is 1.03. The molecule has 4 atom stereocenters. The molecule has 1 amide bonds. The van der Waals surface area contributed by atoms with Crippen LogP contribution < -0.4 is 0 Å². The molecule has 3 rings (SSSR count). The van der Waals surface area contributed by atoms with Crippen molar-refractivity contribution >= 4 is 5.91 Å². The van der Waals surface area contributed by atoms with E-state index in [1.165, 1.54) is 0 Å². The maximum Gasteiger partial charge on any atom is 0.255 e. The summed E-state index contributed by atoms with van der Waals surface area (Å²) in [6.07, 6.45) is 9.74. The molecule has 1 saturated heterocycles. The van der Waals surface area contributed by atoms with E-state index in [-0.39, 0.29) is 24.0 Å². The third kappa shape index (κ3) is 2.94. The Morgan fingerprint density at radius 3 is 2.82 bits per heavy atom. The lowest BCUT2D eigenvalue weighted by atomic mass is 9.74. The first-order chi connectivity index (χ1) is 10.6. The van der Waals surface area contributed by atoms with Gasteiger partial charge >= 0.3 is 0 Å². The zero-order valence-corrected chi connectivity index (χ0v) is 13.7. The highest BCUT2D eigenvalue weighted by Crippen LogP contribution is 2.37. The number of hydrogen-bond acceptors (Lipinski definition) is 2. The topological polar surface area (TPSA) is 56.3 Å². The van der Waals surface area contributed by atoms with E-state index < -0.39 is 0 Å². The Hall–Kier alpha value is -1.29. The van der Waals surface area contributed by atoms with Crippen LogP contribution in [0.25, 0.3) is 0 Å². The number of aromatic nitrogens is 1. The first-order valence-corrected chi connectivity index (χ1v) is 8.70. The molecule has 1 aromatic rings. The van der Waals surface area contributed by atoms with Crippen LogP contribution in [0.5, 0.6) is 0 Å². The monoisotopic (exact) mass is 304 g/mol. The van der Waals surface area contributed by atoms with Gasteiger partial charge in [-0.05, 0) is 56.9 Å². The van der Waals surface area contributed by atoms with E-state index in [1.807, 2.05) is 24.2 Å². The summed E-state index contributed by atoms with van der Waals surface area (Å²) in [6.45, 7) is 5.07. The van der Waals surface area contributed by atoms with Crippen LogP contribution in [0.4, 0.5) is 0 Å². The van der Waals surface area contributed by atoms with E-state index in [2.05, 4.69) is 11.9 Å². The summed E-state index contributed by atoms with van der Waals surface area (Å²) in [5, 5.41) is 10.5. The Kier molecular flexibility index (Phi) is 4.57. The minimum atomic E-state index is -0.248. The van der Waals surface area contributed by atoms with E-state index >= 15 is 0 Å². The van der Waals surface area contributed by atoms with E-state index in [1.54, 1.807) is 0 Å². The first kappa shape index (κ1) is 15.6. The molecule has 0 spiro atoms. The molecule has 1 saturated carbocycles. The van der Waals surface area contributed by atoms with Crippen molar-refractivity contribution in [2.45, 2.75) is 64.5 Å². The Labute approximate surface area is 132 Å². The number of hydrogen-bond donors (Lipinski definition) is 2. The molecule has 2 fully saturated rings. The standard InChI is InChI=1S/C18H28N2O2/c1-12-6-7-17(21)14(9-12)16-5-3-4-8-20(16)18(22)15-11-19-10-13(15)2/h10-12,14,16-17,19,21H,3-9H2,1-2H3/t12-,14+,16-,17-/m1/s1. The molecule has 0 unspecified atom stereocenters. The second kappa shape index (κ2) is 6.45. The Morgan fingerprint density at radius 2 is 2.09 bits per heavy atom. The fraction of sp³-hybridized carbons (Fsp3) is 0.722. The van der Waals surface area contributed by atoms with Crippen LogP contribution in [-0.2, 0) is 0 Å². The number of carbonyl (C=O) groups is 1. The number of likely N-dealkylation sites (tertiary alicyclic amines) is 1. The van der Waals surface area contributed by atoms with E-state index in [4.69, 9.17) is 0 Å². The number of nitrogens with one attached hydrogen (secondary N) is 1. The summed E-state index contributed by atoms with van der Waals surface area (Å²) in [6, 6.07) is 0.202. The number of piperidine rings is 1. The average Bonchev–Trinajstić information content (AvgIpc) is 2.95. The zero-order chi connectivity index (χ0) is 15.7. The molecule has 2 heterocycles. The van der Waals surface area contributed by atoms with Crippen LogP contribution in [0, 0.1) is 18.8 Å². The van der Waals surface area contributed by atoms with Crippen molar-refractivity contribution in [2.24, 2.45) is 11.8 Å². The van der Waals surface area contributed by atoms with Gasteiger partial charge in [0.1, 0.15) is 0 Å². The molecule has 2 aliphatic rings. The number of aliphatic hydroxyl groups excluding tert-OH is 1. The summed E-state index contributed by atoms with van der Waals surface area (Å²) in [5.41, 5.74) is 1.79. The number of H-pyrrole nitrogens is 1. The maximum absolute atomic E-state index is 12.9. The van der Waals surface area contributed by atoms with Gasteiger partial charge in [0.15, 0.2) is 0 Å². The third-order valence-corrected chi connectivity index (χ3v) is 5.61. The van der Waals surface area contributed by atoms with Crippen LogP contribution in [0.1, 0.15) is 61.4 Å². The Morgan fingerprint density at radius 1 is 1.27 bits per heavy atom. The lowest BCUT2D eigenvalue weighted by Crippen LogP contribution is -2.51. The summed E-state index contributed by atoms with van der Waals surface area (Å²) < 4.78 is 0. The van der Waals surface area contributed by atoms with Crippen molar-refractivity contribution in [3.05, 3.63) is 23.5 Å². The fourth-order valence-electron chi connectivity index (χ4n) is 4.30. The molecule has 22 heavy (non-hydrogen) atoms. The lowest BCUT2D eigenvalue weighted by Gasteiger charge is -2.45. The fourth-order valence-corrected chi connectivity index (χ4v) is 4.30. The van der Waals surface area contributed by atoms with Gasteiger partial charge in [0.2, 0.25) is 0 Å². The number of nitrogens with zero attached hydrogens (tertiary/aromatic N) is 1. The van der Waals surface area contributed by atoms with Gasteiger partial charge in [-0.1, -0.05) is 6.92 Å². The van der Waals surface area contributed by atoms with Crippen molar-refractivity contribution in [1.82, 2.24) is 9.88 Å². The molecule has 122 valence electrons. The van der Waals surface area contributed by atoms with Crippen molar-refractivity contribution in [3.8, 4) is 0 Å². The van der Waals surface area contributed by atoms with E-state index in [0.717, 1.165) is 56.2 Å². The van der Waals surface area contributed by atoms with Crippen molar-refractivity contribution in [3.63, 3.8) is 0 Å². The van der Waals surface area contributed by atoms with Gasteiger partial charge < -0.3 is 15.0 Å². The van der Waals surface area contributed by atoms with Gasteiger partial charge in [-0.25, -0.2) is 0 Å². The van der Waals surface area contributed by atoms with Gasteiger partial charge in [0, 0.05) is 30.9 Å². The SMILES string of the molecule is Cc1c[nH]cc1C(=O)N1CCCC[C@@H]1[C@@H]1C[C@H](C)CC[C@H]1O. The number of amides is 1. The van der Waals surface area contributed by atoms with E-state index in [9.17, 15) is 9.90 Å². The summed E-state index contributed by atoms with van der Waals surface area (Å²) in [7, 11) is 0. The normalized spacial score (nSPS) is 33.0. The van der Waals surface area contributed by atoms with Gasteiger partial charge in [-0.15, -0.1) is 0 Å². The smallest absolute Gasteiger partial charge is 0.255 e. The van der Waals surface area contributed by atoms with Crippen LogP contribution >= 0.6 is 0 Å². The number of aromatic amines is 1. The van der Waals surface area contributed by atoms with Gasteiger partial charge in [-0.3, -0.25) is 4.79 Å². The molecular formula is C18H28N2O2. The molecule has 0 radical (unpaired) electrons. The van der Waals surface area contributed by atoms with Gasteiger partial charge in [-0.2, -0.15) is 0 Å². The molecule has 0 aromatic carbocycles. The zero-order valence-electron chi connectivity index (χ0n) is 13.7. The van der Waals surface area contributed by atoms with Gasteiger partial charge in [0.25, 0.3) is 5.91 Å². The quantitative estimate of drug-likeness (QED) is 0.882. The molecule has 1 aliphatic carbocycles. The highest BCUT2D eigenvalue weighted by molar-refractivity contribution is 5.95. The number of aliphatic hydroxyl groups is 1. The highest BCUT2D eigenvalue weighted by Gasteiger charge is 2.39. The first-order valence-electron chi connectivity index (χ1n) is 8.70. The molecule has 4 nitrogen and oxygen atoms in total. The lowest BCUT2D eigenvalue weighted by molar-refractivity contribution is -0.0121.